The van der Waals surface area contributed by atoms with Crippen molar-refractivity contribution in [3.8, 4) is 0 Å². The number of nitrogens with one attached hydrogen (secondary N) is 1. The molecule has 0 heterocycles. The third kappa shape index (κ3) is 4.87. The van der Waals surface area contributed by atoms with Crippen LogP contribution < -0.4 is 5.09 Å². The predicted molar refractivity (Wildman–Crippen MR) is 41.5 cm³/mol. The van der Waals surface area contributed by atoms with Crippen molar-refractivity contribution in [3.05, 3.63) is 0 Å². The van der Waals surface area contributed by atoms with E-state index in [2.05, 4.69) is 5.09 Å². The first kappa shape index (κ1) is 10.5. The van der Waals surface area contributed by atoms with Crippen LogP contribution in [-0.4, -0.2) is 18.6 Å². The van der Waals surface area contributed by atoms with Crippen LogP contribution in [-0.2, 0) is 14.1 Å². The van der Waals surface area contributed by atoms with E-state index in [4.69, 9.17) is 4.74 Å². The van der Waals surface area contributed by atoms with E-state index in [0.29, 0.717) is 6.61 Å². The zero-order valence-electron chi connectivity index (χ0n) is 6.66. The first-order valence-corrected chi connectivity index (χ1v) is 4.28. The number of hydrogen-bond donors (Lipinski definition) is 1. The first-order valence-electron chi connectivity index (χ1n) is 3.46. The van der Waals surface area contributed by atoms with Gasteiger partial charge in [-0.3, -0.25) is 9.36 Å². The van der Waals surface area contributed by atoms with Gasteiger partial charge in [0.1, 0.15) is 6.04 Å². The lowest BCUT2D eigenvalue weighted by Gasteiger charge is -2.07. The van der Waals surface area contributed by atoms with Crippen LogP contribution in [0.2, 0.25) is 0 Å². The van der Waals surface area contributed by atoms with Crippen molar-refractivity contribution in [1.29, 1.82) is 0 Å². The molecule has 0 aromatic rings. The summed E-state index contributed by atoms with van der Waals surface area (Å²) in [6, 6.07) is -0.499. The van der Waals surface area contributed by atoms with Crippen LogP contribution >= 0.6 is 8.61 Å². The van der Waals surface area contributed by atoms with Crippen LogP contribution in [0.15, 0.2) is 0 Å². The lowest BCUT2D eigenvalue weighted by Crippen LogP contribution is -2.29. The maximum Gasteiger partial charge on any atom is 0.323 e. The fourth-order valence-corrected chi connectivity index (χ4v) is 0.723. The Morgan fingerprint density at radius 3 is 2.82 bits per heavy atom. The summed E-state index contributed by atoms with van der Waals surface area (Å²) in [6.45, 7) is 3.93. The second-order valence-corrected chi connectivity index (χ2v) is 2.55. The van der Waals surface area contributed by atoms with Gasteiger partial charge in [-0.2, -0.15) is 0 Å². The molecule has 0 aliphatic carbocycles. The Bertz CT molecular complexity index is 140. The summed E-state index contributed by atoms with van der Waals surface area (Å²) in [5.74, 6) is -0.366. The molecule has 1 N–H and O–H groups in total. The Balaban J connectivity index is 3.54. The van der Waals surface area contributed by atoms with E-state index in [9.17, 15) is 9.36 Å². The van der Waals surface area contributed by atoms with Crippen molar-refractivity contribution in [3.63, 3.8) is 0 Å². The van der Waals surface area contributed by atoms with Gasteiger partial charge in [-0.05, 0) is 13.3 Å². The van der Waals surface area contributed by atoms with Gasteiger partial charge in [0.2, 0.25) is 8.61 Å². The Labute approximate surface area is 67.6 Å². The average Bonchev–Trinajstić information content (AvgIpc) is 2.00. The second-order valence-electron chi connectivity index (χ2n) is 2.11. The second kappa shape index (κ2) is 6.25. The first-order chi connectivity index (χ1) is 5.22. The molecular weight excluding hydrogens is 165 g/mol. The third-order valence-electron chi connectivity index (χ3n) is 1.05. The maximum atomic E-state index is 10.9. The summed E-state index contributed by atoms with van der Waals surface area (Å²) in [5.41, 5.74) is 0. The fraction of sp³-hybridized carbons (Fsp3) is 0.833. The van der Waals surface area contributed by atoms with Crippen molar-refractivity contribution in [1.82, 2.24) is 5.09 Å². The smallest absolute Gasteiger partial charge is 0.323 e. The zero-order chi connectivity index (χ0) is 8.69. The number of carbonyl (C=O) groups excluding carboxylic acids is 1. The molecule has 0 radical (unpaired) electrons. The molecule has 0 aliphatic heterocycles. The highest BCUT2D eigenvalue weighted by Gasteiger charge is 2.12. The Morgan fingerprint density at radius 1 is 1.73 bits per heavy atom. The van der Waals surface area contributed by atoms with Crippen LogP contribution in [0.5, 0.6) is 0 Å². The molecule has 0 aromatic heterocycles. The number of carbonyl (C=O) groups is 1. The normalized spacial score (nSPS) is 12.9. The molecule has 0 amide bonds. The van der Waals surface area contributed by atoms with Gasteiger partial charge in [-0.15, -0.1) is 0 Å². The van der Waals surface area contributed by atoms with Gasteiger partial charge < -0.3 is 4.74 Å². The maximum absolute atomic E-state index is 10.9. The molecule has 0 saturated carbocycles. The van der Waals surface area contributed by atoms with Gasteiger partial charge in [-0.25, -0.2) is 5.09 Å². The Hall–Kier alpha value is -0.470. The van der Waals surface area contributed by atoms with Crippen LogP contribution in [0, 0.1) is 0 Å². The molecule has 0 unspecified atom stereocenters. The van der Waals surface area contributed by atoms with Gasteiger partial charge in [0.15, 0.2) is 0 Å². The summed E-state index contributed by atoms with van der Waals surface area (Å²) < 4.78 is 14.7. The van der Waals surface area contributed by atoms with Crippen LogP contribution in [0.4, 0.5) is 0 Å². The zero-order valence-corrected chi connectivity index (χ0v) is 7.56. The predicted octanol–water partition coefficient (Wildman–Crippen LogP) is 1.12. The quantitative estimate of drug-likeness (QED) is 0.505. The lowest BCUT2D eigenvalue weighted by molar-refractivity contribution is -0.145. The largest absolute Gasteiger partial charge is 0.465 e. The highest BCUT2D eigenvalue weighted by atomic mass is 31.1. The van der Waals surface area contributed by atoms with Crippen LogP contribution in [0.1, 0.15) is 20.3 Å². The summed E-state index contributed by atoms with van der Waals surface area (Å²) in [7, 11) is -0.247. The third-order valence-corrected chi connectivity index (χ3v) is 1.54. The minimum Gasteiger partial charge on any atom is -0.465 e. The average molecular weight is 177 g/mol. The molecule has 0 bridgehead atoms. The summed E-state index contributed by atoms with van der Waals surface area (Å²) in [4.78, 5) is 10.9. The van der Waals surface area contributed by atoms with Crippen LogP contribution in [0.25, 0.3) is 0 Å². The van der Waals surface area contributed by atoms with Gasteiger partial charge in [0.25, 0.3) is 0 Å². The molecule has 64 valence electrons. The molecule has 5 heteroatoms. The Kier molecular flexibility index (Phi) is 5.99. The van der Waals surface area contributed by atoms with E-state index in [1.165, 1.54) is 0 Å². The lowest BCUT2D eigenvalue weighted by atomic mass is 10.4. The summed E-state index contributed by atoms with van der Waals surface area (Å²) >= 11 is 0. The summed E-state index contributed by atoms with van der Waals surface area (Å²) in [5, 5.41) is 2.40. The molecule has 1 atom stereocenters. The van der Waals surface area contributed by atoms with Gasteiger partial charge in [-0.1, -0.05) is 6.92 Å². The number of hydrogen-bond acceptors (Lipinski definition) is 3. The number of esters is 1. The number of ether oxygens (including phenoxy) is 1. The highest BCUT2D eigenvalue weighted by Crippen LogP contribution is 1.93. The van der Waals surface area contributed by atoms with Crippen molar-refractivity contribution in [2.45, 2.75) is 26.3 Å². The molecular formula is C6H12NO3P. The van der Waals surface area contributed by atoms with E-state index >= 15 is 0 Å². The van der Waals surface area contributed by atoms with Crippen molar-refractivity contribution in [2.75, 3.05) is 6.61 Å². The number of rotatable bonds is 5. The molecule has 0 fully saturated rings. The Morgan fingerprint density at radius 2 is 2.36 bits per heavy atom. The van der Waals surface area contributed by atoms with Gasteiger partial charge >= 0.3 is 5.97 Å². The van der Waals surface area contributed by atoms with E-state index in [-0.39, 0.29) is 14.6 Å². The van der Waals surface area contributed by atoms with E-state index in [1.54, 1.807) is 6.92 Å². The van der Waals surface area contributed by atoms with Crippen molar-refractivity contribution >= 4 is 14.6 Å². The molecule has 0 saturated heterocycles. The standard InChI is InChI=1S/C6H12NO3P/c1-3-4-10-6(8)5(2)7-11-9/h5H,3-4H2,1-2H3,(H,7,9)/t5-/m0/s1. The topological polar surface area (TPSA) is 55.4 Å². The molecule has 0 aromatic carbocycles. The van der Waals surface area contributed by atoms with Crippen molar-refractivity contribution in [2.24, 2.45) is 0 Å². The van der Waals surface area contributed by atoms with E-state index in [0.717, 1.165) is 6.42 Å². The molecule has 11 heavy (non-hydrogen) atoms. The highest BCUT2D eigenvalue weighted by molar-refractivity contribution is 7.21. The monoisotopic (exact) mass is 177 g/mol. The minimum absolute atomic E-state index is 0.247. The molecule has 0 spiro atoms. The van der Waals surface area contributed by atoms with E-state index in [1.807, 2.05) is 6.92 Å². The van der Waals surface area contributed by atoms with Crippen molar-refractivity contribution < 1.29 is 14.1 Å². The van der Waals surface area contributed by atoms with E-state index < -0.39 is 6.04 Å². The summed E-state index contributed by atoms with van der Waals surface area (Å²) in [6.07, 6.45) is 0.799. The molecule has 0 rings (SSSR count). The molecule has 0 aliphatic rings. The van der Waals surface area contributed by atoms with Gasteiger partial charge in [0.05, 0.1) is 6.61 Å². The minimum atomic E-state index is -0.499. The van der Waals surface area contributed by atoms with Crippen LogP contribution in [0.3, 0.4) is 0 Å². The molecule has 4 nitrogen and oxygen atoms in total. The van der Waals surface area contributed by atoms with Gasteiger partial charge in [0, 0.05) is 0 Å². The fourth-order valence-electron chi connectivity index (χ4n) is 0.459. The SMILES string of the molecule is CCCOC(=O)[C@H](C)NP=O.